The van der Waals surface area contributed by atoms with Crippen LogP contribution in [0.1, 0.15) is 6.42 Å². The van der Waals surface area contributed by atoms with Crippen molar-refractivity contribution in [2.75, 3.05) is 76.9 Å². The average molecular weight is 566 g/mol. The van der Waals surface area contributed by atoms with Gasteiger partial charge in [-0.2, -0.15) is 0 Å². The molecule has 2 saturated heterocycles. The van der Waals surface area contributed by atoms with Crippen LogP contribution in [-0.4, -0.2) is 77.9 Å². The number of ether oxygens (including phenoxy) is 2. The highest BCUT2D eigenvalue weighted by atomic mass is 127. The molecule has 0 aliphatic carbocycles. The van der Waals surface area contributed by atoms with Crippen molar-refractivity contribution in [1.82, 2.24) is 10.2 Å². The number of benzene rings is 2. The van der Waals surface area contributed by atoms with Gasteiger partial charge in [0.05, 0.1) is 14.2 Å². The first kappa shape index (κ1) is 25.3. The van der Waals surface area contributed by atoms with Crippen molar-refractivity contribution in [3.05, 3.63) is 48.5 Å². The Morgan fingerprint density at radius 2 is 1.64 bits per heavy atom. The maximum Gasteiger partial charge on any atom is 0.193 e. The number of methoxy groups -OCH3 is 2. The Morgan fingerprint density at radius 3 is 2.30 bits per heavy atom. The van der Waals surface area contributed by atoms with Gasteiger partial charge >= 0.3 is 0 Å². The number of piperazine rings is 1. The Hall–Kier alpha value is -2.36. The number of hydrogen-bond acceptors (Lipinski definition) is 5. The summed E-state index contributed by atoms with van der Waals surface area (Å²) in [6.45, 7) is 6.99. The van der Waals surface area contributed by atoms with E-state index in [1.165, 1.54) is 17.8 Å². The first-order valence-corrected chi connectivity index (χ1v) is 11.4. The van der Waals surface area contributed by atoms with Crippen molar-refractivity contribution in [1.29, 1.82) is 0 Å². The minimum Gasteiger partial charge on any atom is -0.497 e. The topological polar surface area (TPSA) is 52.6 Å². The lowest BCUT2D eigenvalue weighted by Gasteiger charge is -2.38. The van der Waals surface area contributed by atoms with E-state index in [9.17, 15) is 0 Å². The molecule has 7 nitrogen and oxygen atoms in total. The van der Waals surface area contributed by atoms with Gasteiger partial charge in [-0.1, -0.05) is 6.07 Å². The SMILES string of the molecule is CN=C(NCC1CCN(c2cccc(OC)c2)C1)N1CCN(c2ccc(OC)cc2)CC1.I. The molecule has 2 aromatic carbocycles. The summed E-state index contributed by atoms with van der Waals surface area (Å²) in [4.78, 5) is 11.8. The largest absolute Gasteiger partial charge is 0.497 e. The zero-order chi connectivity index (χ0) is 22.3. The molecule has 33 heavy (non-hydrogen) atoms. The van der Waals surface area contributed by atoms with Crippen molar-refractivity contribution < 1.29 is 9.47 Å². The van der Waals surface area contributed by atoms with Crippen LogP contribution in [0, 0.1) is 5.92 Å². The molecule has 0 bridgehead atoms. The predicted molar refractivity (Wildman–Crippen MR) is 147 cm³/mol. The van der Waals surface area contributed by atoms with Crippen LogP contribution in [0.4, 0.5) is 11.4 Å². The van der Waals surface area contributed by atoms with Crippen LogP contribution in [0.3, 0.4) is 0 Å². The van der Waals surface area contributed by atoms with Gasteiger partial charge < -0.3 is 29.5 Å². The third-order valence-corrected chi connectivity index (χ3v) is 6.48. The van der Waals surface area contributed by atoms with Gasteiger partial charge in [-0.15, -0.1) is 24.0 Å². The molecule has 0 aromatic heterocycles. The molecule has 0 amide bonds. The number of aliphatic imine (C=N–C) groups is 1. The summed E-state index contributed by atoms with van der Waals surface area (Å²) >= 11 is 0. The van der Waals surface area contributed by atoms with Crippen molar-refractivity contribution in [3.63, 3.8) is 0 Å². The fraction of sp³-hybridized carbons (Fsp3) is 0.480. The molecule has 8 heteroatoms. The third kappa shape index (κ3) is 6.37. The van der Waals surface area contributed by atoms with E-state index in [0.717, 1.165) is 63.3 Å². The fourth-order valence-corrected chi connectivity index (χ4v) is 4.58. The average Bonchev–Trinajstić information content (AvgIpc) is 3.34. The van der Waals surface area contributed by atoms with Gasteiger partial charge in [0.15, 0.2) is 5.96 Å². The smallest absolute Gasteiger partial charge is 0.193 e. The summed E-state index contributed by atoms with van der Waals surface area (Å²) in [5, 5.41) is 3.63. The van der Waals surface area contributed by atoms with Crippen molar-refractivity contribution in [3.8, 4) is 11.5 Å². The van der Waals surface area contributed by atoms with Gasteiger partial charge in [0.2, 0.25) is 0 Å². The summed E-state index contributed by atoms with van der Waals surface area (Å²) in [6.07, 6.45) is 1.19. The van der Waals surface area contributed by atoms with Gasteiger partial charge in [-0.05, 0) is 48.7 Å². The Balaban J connectivity index is 0.00000306. The standard InChI is InChI=1S/C25H35N5O2.HI/c1-26-25(29-15-13-28(14-16-29)21-7-9-23(31-2)10-8-21)27-18-20-11-12-30(19-20)22-5-4-6-24(17-22)32-3;/h4-10,17,20H,11-16,18-19H2,1-3H3,(H,26,27);1H. The maximum atomic E-state index is 5.38. The molecule has 2 aliphatic heterocycles. The summed E-state index contributed by atoms with van der Waals surface area (Å²) < 4.78 is 10.7. The van der Waals surface area contributed by atoms with Crippen molar-refractivity contribution in [2.24, 2.45) is 10.9 Å². The second-order valence-corrected chi connectivity index (χ2v) is 8.40. The quantitative estimate of drug-likeness (QED) is 0.329. The molecule has 0 saturated carbocycles. The number of halogens is 1. The molecule has 0 radical (unpaired) electrons. The van der Waals surface area contributed by atoms with E-state index in [1.54, 1.807) is 14.2 Å². The van der Waals surface area contributed by atoms with Gasteiger partial charge in [0.1, 0.15) is 11.5 Å². The van der Waals surface area contributed by atoms with Crippen LogP contribution in [0.25, 0.3) is 0 Å². The van der Waals surface area contributed by atoms with Gasteiger partial charge in [-0.25, -0.2) is 0 Å². The molecule has 1 N–H and O–H groups in total. The molecule has 0 spiro atoms. The van der Waals surface area contributed by atoms with E-state index in [0.29, 0.717) is 5.92 Å². The number of nitrogens with zero attached hydrogens (tertiary/aromatic N) is 4. The lowest BCUT2D eigenvalue weighted by molar-refractivity contribution is 0.369. The summed E-state index contributed by atoms with van der Waals surface area (Å²) in [6, 6.07) is 16.7. The number of guanidine groups is 1. The van der Waals surface area contributed by atoms with Crippen molar-refractivity contribution in [2.45, 2.75) is 6.42 Å². The second-order valence-electron chi connectivity index (χ2n) is 8.40. The van der Waals surface area contributed by atoms with Crippen LogP contribution in [0.5, 0.6) is 11.5 Å². The molecule has 1 unspecified atom stereocenters. The van der Waals surface area contributed by atoms with E-state index in [2.05, 4.69) is 55.3 Å². The molecule has 2 fully saturated rings. The number of rotatable bonds is 6. The summed E-state index contributed by atoms with van der Waals surface area (Å²) in [7, 11) is 5.31. The fourth-order valence-electron chi connectivity index (χ4n) is 4.58. The van der Waals surface area contributed by atoms with Gasteiger partial charge in [-0.3, -0.25) is 4.99 Å². The molecule has 4 rings (SSSR count). The first-order valence-electron chi connectivity index (χ1n) is 11.4. The van der Waals surface area contributed by atoms with Crippen LogP contribution in [-0.2, 0) is 0 Å². The van der Waals surface area contributed by atoms with Crippen molar-refractivity contribution >= 4 is 41.3 Å². The highest BCUT2D eigenvalue weighted by molar-refractivity contribution is 14.0. The lowest BCUT2D eigenvalue weighted by Crippen LogP contribution is -2.53. The lowest BCUT2D eigenvalue weighted by atomic mass is 10.1. The third-order valence-electron chi connectivity index (χ3n) is 6.48. The number of anilines is 2. The van der Waals surface area contributed by atoms with Crippen LogP contribution >= 0.6 is 24.0 Å². The molecule has 2 heterocycles. The first-order chi connectivity index (χ1) is 15.7. The molecular weight excluding hydrogens is 529 g/mol. The van der Waals surface area contributed by atoms with Crippen LogP contribution in [0.15, 0.2) is 53.5 Å². The van der Waals surface area contributed by atoms with E-state index in [-0.39, 0.29) is 24.0 Å². The number of nitrogens with one attached hydrogen (secondary N) is 1. The van der Waals surface area contributed by atoms with E-state index >= 15 is 0 Å². The Kier molecular flexibility index (Phi) is 9.34. The molecular formula is C25H36IN5O2. The Bertz CT molecular complexity index is 900. The van der Waals surface area contributed by atoms with Gasteiger partial charge in [0, 0.05) is 70.3 Å². The molecule has 1 atom stereocenters. The van der Waals surface area contributed by atoms with Crippen LogP contribution in [0.2, 0.25) is 0 Å². The predicted octanol–water partition coefficient (Wildman–Crippen LogP) is 3.55. The van der Waals surface area contributed by atoms with Crippen LogP contribution < -0.4 is 24.6 Å². The second kappa shape index (κ2) is 12.2. The maximum absolute atomic E-state index is 5.38. The van der Waals surface area contributed by atoms with E-state index < -0.39 is 0 Å². The monoisotopic (exact) mass is 565 g/mol. The minimum atomic E-state index is 0. The minimum absolute atomic E-state index is 0. The number of hydrogen-bond donors (Lipinski definition) is 1. The Morgan fingerprint density at radius 1 is 0.909 bits per heavy atom. The molecule has 180 valence electrons. The Labute approximate surface area is 214 Å². The highest BCUT2D eigenvalue weighted by Crippen LogP contribution is 2.26. The zero-order valence-electron chi connectivity index (χ0n) is 19.9. The summed E-state index contributed by atoms with van der Waals surface area (Å²) in [5.74, 6) is 3.44. The molecule has 2 aromatic rings. The highest BCUT2D eigenvalue weighted by Gasteiger charge is 2.25. The summed E-state index contributed by atoms with van der Waals surface area (Å²) in [5.41, 5.74) is 2.49. The van der Waals surface area contributed by atoms with Gasteiger partial charge in [0.25, 0.3) is 0 Å². The molecule has 2 aliphatic rings. The zero-order valence-corrected chi connectivity index (χ0v) is 22.2. The van der Waals surface area contributed by atoms with E-state index in [4.69, 9.17) is 9.47 Å². The normalized spacial score (nSPS) is 18.7. The van der Waals surface area contributed by atoms with E-state index in [1.807, 2.05) is 25.2 Å².